The molecule has 1 rings (SSSR count). The van der Waals surface area contributed by atoms with E-state index >= 15 is 0 Å². The summed E-state index contributed by atoms with van der Waals surface area (Å²) in [5.41, 5.74) is 0.778. The maximum absolute atomic E-state index is 9.12. The van der Waals surface area contributed by atoms with Crippen molar-refractivity contribution in [3.05, 3.63) is 29.8 Å². The van der Waals surface area contributed by atoms with Crippen molar-refractivity contribution < 1.29 is 5.11 Å². The molecule has 1 aromatic carbocycles. The summed E-state index contributed by atoms with van der Waals surface area (Å²) in [4.78, 5) is 0. The molecule has 0 unspecified atom stereocenters. The van der Waals surface area contributed by atoms with Gasteiger partial charge in [-0.15, -0.1) is 0 Å². The molecule has 0 saturated carbocycles. The van der Waals surface area contributed by atoms with Gasteiger partial charge in [-0.2, -0.15) is 5.26 Å². The van der Waals surface area contributed by atoms with Gasteiger partial charge in [0.05, 0.1) is 6.07 Å². The van der Waals surface area contributed by atoms with Crippen LogP contribution in [0.15, 0.2) is 24.3 Å². The highest BCUT2D eigenvalue weighted by molar-refractivity contribution is 5.31. The molecule has 1 aromatic rings. The Morgan fingerprint density at radius 2 is 2.33 bits per heavy atom. The second kappa shape index (κ2) is 3.74. The number of nitrogens with one attached hydrogen (secondary N) is 1. The molecule has 12 heavy (non-hydrogen) atoms. The van der Waals surface area contributed by atoms with E-state index in [0.717, 1.165) is 5.56 Å². The molecule has 62 valence electrons. The van der Waals surface area contributed by atoms with Crippen molar-refractivity contribution in [3.63, 3.8) is 0 Å². The molecular weight excluding hydrogens is 152 g/mol. The lowest BCUT2D eigenvalue weighted by Gasteiger charge is -2.07. The highest BCUT2D eigenvalue weighted by atomic mass is 16.3. The van der Waals surface area contributed by atoms with Crippen LogP contribution >= 0.6 is 0 Å². The smallest absolute Gasteiger partial charge is 0.121 e. The summed E-state index contributed by atoms with van der Waals surface area (Å²) in [6, 6.07) is 8.38. The zero-order chi connectivity index (χ0) is 8.97. The van der Waals surface area contributed by atoms with Crippen LogP contribution in [0.3, 0.4) is 0 Å². The average molecular weight is 162 g/mol. The molecule has 0 radical (unpaired) electrons. The zero-order valence-electron chi connectivity index (χ0n) is 6.78. The van der Waals surface area contributed by atoms with Gasteiger partial charge in [-0.25, -0.2) is 0 Å². The Hall–Kier alpha value is -1.53. The van der Waals surface area contributed by atoms with Gasteiger partial charge in [-0.05, 0) is 24.7 Å². The molecule has 0 aromatic heterocycles. The number of aromatic hydroxyl groups is 1. The normalized spacial score (nSPS) is 12.0. The second-order valence-electron chi connectivity index (χ2n) is 2.45. The molecular formula is C9H10N2O. The molecule has 0 heterocycles. The summed E-state index contributed by atoms with van der Waals surface area (Å²) in [6.07, 6.45) is 0. The van der Waals surface area contributed by atoms with Crippen molar-refractivity contribution in [2.45, 2.75) is 6.04 Å². The first-order chi connectivity index (χ1) is 5.77. The van der Waals surface area contributed by atoms with E-state index in [-0.39, 0.29) is 11.8 Å². The number of hydrogen-bond donors (Lipinski definition) is 2. The third-order valence-electron chi connectivity index (χ3n) is 1.62. The van der Waals surface area contributed by atoms with Crippen LogP contribution in [-0.2, 0) is 0 Å². The molecule has 0 bridgehead atoms. The Labute approximate surface area is 71.3 Å². The first kappa shape index (κ1) is 8.57. The Morgan fingerprint density at radius 1 is 1.58 bits per heavy atom. The fraction of sp³-hybridized carbons (Fsp3) is 0.222. The van der Waals surface area contributed by atoms with Crippen LogP contribution in [0.4, 0.5) is 0 Å². The van der Waals surface area contributed by atoms with Gasteiger partial charge < -0.3 is 10.4 Å². The van der Waals surface area contributed by atoms with E-state index in [2.05, 4.69) is 11.4 Å². The van der Waals surface area contributed by atoms with E-state index in [0.29, 0.717) is 0 Å². The van der Waals surface area contributed by atoms with Crippen LogP contribution in [-0.4, -0.2) is 12.2 Å². The van der Waals surface area contributed by atoms with E-state index in [1.165, 1.54) is 0 Å². The fourth-order valence-corrected chi connectivity index (χ4v) is 1.01. The van der Waals surface area contributed by atoms with Crippen molar-refractivity contribution in [1.82, 2.24) is 5.32 Å². The summed E-state index contributed by atoms with van der Waals surface area (Å²) in [5, 5.41) is 20.6. The SMILES string of the molecule is CN[C@H](C#N)c1cccc(O)c1. The van der Waals surface area contributed by atoms with Crippen molar-refractivity contribution in [1.29, 1.82) is 5.26 Å². The number of hydrogen-bond acceptors (Lipinski definition) is 3. The predicted octanol–water partition coefficient (Wildman–Crippen LogP) is 1.18. The largest absolute Gasteiger partial charge is 0.508 e. The topological polar surface area (TPSA) is 56.0 Å². The molecule has 3 heteroatoms. The van der Waals surface area contributed by atoms with Crippen molar-refractivity contribution >= 4 is 0 Å². The van der Waals surface area contributed by atoms with Gasteiger partial charge in [0.1, 0.15) is 11.8 Å². The molecule has 3 nitrogen and oxygen atoms in total. The van der Waals surface area contributed by atoms with Gasteiger partial charge >= 0.3 is 0 Å². The number of nitriles is 1. The minimum atomic E-state index is -0.350. The summed E-state index contributed by atoms with van der Waals surface area (Å²) in [7, 11) is 1.71. The van der Waals surface area contributed by atoms with Crippen molar-refractivity contribution in [3.8, 4) is 11.8 Å². The fourth-order valence-electron chi connectivity index (χ4n) is 1.01. The minimum Gasteiger partial charge on any atom is -0.508 e. The Bertz CT molecular complexity index is 304. The molecule has 0 aliphatic rings. The van der Waals surface area contributed by atoms with E-state index in [9.17, 15) is 0 Å². The Kier molecular flexibility index (Phi) is 2.67. The highest BCUT2D eigenvalue weighted by Crippen LogP contribution is 2.16. The van der Waals surface area contributed by atoms with Crippen LogP contribution in [0.1, 0.15) is 11.6 Å². The minimum absolute atomic E-state index is 0.183. The number of nitrogens with zero attached hydrogens (tertiary/aromatic N) is 1. The highest BCUT2D eigenvalue weighted by Gasteiger charge is 2.06. The molecule has 0 aliphatic heterocycles. The van der Waals surface area contributed by atoms with Gasteiger partial charge in [0.15, 0.2) is 0 Å². The lowest BCUT2D eigenvalue weighted by Crippen LogP contribution is -2.13. The van der Waals surface area contributed by atoms with Crippen molar-refractivity contribution in [2.75, 3.05) is 7.05 Å². The first-order valence-electron chi connectivity index (χ1n) is 3.63. The molecule has 2 N–H and O–H groups in total. The number of phenols is 1. The molecule has 0 spiro atoms. The predicted molar refractivity (Wildman–Crippen MR) is 45.5 cm³/mol. The summed E-state index contributed by atoms with van der Waals surface area (Å²) in [5.74, 6) is 0.183. The second-order valence-corrected chi connectivity index (χ2v) is 2.45. The summed E-state index contributed by atoms with van der Waals surface area (Å²) >= 11 is 0. The first-order valence-corrected chi connectivity index (χ1v) is 3.63. The van der Waals surface area contributed by atoms with Gasteiger partial charge in [-0.3, -0.25) is 0 Å². The summed E-state index contributed by atoms with van der Waals surface area (Å²) < 4.78 is 0. The zero-order valence-corrected chi connectivity index (χ0v) is 6.78. The van der Waals surface area contributed by atoms with Gasteiger partial charge in [0.25, 0.3) is 0 Å². The van der Waals surface area contributed by atoms with Gasteiger partial charge in [0.2, 0.25) is 0 Å². The molecule has 0 amide bonds. The molecule has 0 saturated heterocycles. The van der Waals surface area contributed by atoms with Gasteiger partial charge in [0, 0.05) is 0 Å². The van der Waals surface area contributed by atoms with Crippen LogP contribution in [0.2, 0.25) is 0 Å². The van der Waals surface area contributed by atoms with Crippen LogP contribution < -0.4 is 5.32 Å². The summed E-state index contributed by atoms with van der Waals surface area (Å²) in [6.45, 7) is 0. The molecule has 1 atom stereocenters. The third kappa shape index (κ3) is 1.74. The van der Waals surface area contributed by atoms with Crippen LogP contribution in [0.5, 0.6) is 5.75 Å². The number of phenolic OH excluding ortho intramolecular Hbond substituents is 1. The quantitative estimate of drug-likeness (QED) is 0.686. The van der Waals surface area contributed by atoms with Crippen molar-refractivity contribution in [2.24, 2.45) is 0 Å². The monoisotopic (exact) mass is 162 g/mol. The maximum Gasteiger partial charge on any atom is 0.121 e. The standard InChI is InChI=1S/C9H10N2O/c1-11-9(6-10)7-3-2-4-8(12)5-7/h2-5,9,11-12H,1H3/t9-/m1/s1. The molecule has 0 aliphatic carbocycles. The lowest BCUT2D eigenvalue weighted by molar-refractivity contribution is 0.474. The lowest BCUT2D eigenvalue weighted by atomic mass is 10.1. The Morgan fingerprint density at radius 3 is 2.83 bits per heavy atom. The van der Waals surface area contributed by atoms with Crippen LogP contribution in [0.25, 0.3) is 0 Å². The number of benzene rings is 1. The Balaban J connectivity index is 2.95. The average Bonchev–Trinajstić information content (AvgIpc) is 2.07. The van der Waals surface area contributed by atoms with E-state index in [1.54, 1.807) is 31.3 Å². The van der Waals surface area contributed by atoms with E-state index < -0.39 is 0 Å². The van der Waals surface area contributed by atoms with Crippen LogP contribution in [0, 0.1) is 11.3 Å². The van der Waals surface area contributed by atoms with E-state index in [4.69, 9.17) is 10.4 Å². The maximum atomic E-state index is 9.12. The third-order valence-corrected chi connectivity index (χ3v) is 1.62. The molecule has 0 fully saturated rings. The van der Waals surface area contributed by atoms with E-state index in [1.807, 2.05) is 0 Å². The van der Waals surface area contributed by atoms with Gasteiger partial charge in [-0.1, -0.05) is 12.1 Å². The number of rotatable bonds is 2.